The van der Waals surface area contributed by atoms with Gasteiger partial charge in [0, 0.05) is 18.5 Å². The maximum Gasteiger partial charge on any atom is 0.147 e. The highest BCUT2D eigenvalue weighted by atomic mass is 16.6. The summed E-state index contributed by atoms with van der Waals surface area (Å²) in [7, 11) is 0. The number of hydrogen-bond donors (Lipinski definition) is 1. The molecule has 1 aromatic rings. The minimum Gasteiger partial charge on any atom is -0.335 e. The zero-order valence-corrected chi connectivity index (χ0v) is 10.8. The van der Waals surface area contributed by atoms with Gasteiger partial charge in [-0.3, -0.25) is 0 Å². The molecule has 2 aliphatic rings. The summed E-state index contributed by atoms with van der Waals surface area (Å²) in [4.78, 5) is 2.38. The van der Waals surface area contributed by atoms with Gasteiger partial charge in [-0.1, -0.05) is 32.0 Å². The van der Waals surface area contributed by atoms with Crippen molar-refractivity contribution in [1.29, 1.82) is 0 Å². The second kappa shape index (κ2) is 5.52. The highest BCUT2D eigenvalue weighted by Crippen LogP contribution is 2.39. The summed E-state index contributed by atoms with van der Waals surface area (Å²) < 4.78 is 5.81. The fraction of sp³-hybridized carbons (Fsp3) is 0.571. The van der Waals surface area contributed by atoms with E-state index in [0.29, 0.717) is 0 Å². The quantitative estimate of drug-likeness (QED) is 0.808. The molecule has 1 aromatic carbocycles. The van der Waals surface area contributed by atoms with Crippen molar-refractivity contribution in [3.63, 3.8) is 0 Å². The molecule has 1 spiro atoms. The second-order valence-corrected chi connectivity index (χ2v) is 4.23. The first kappa shape index (κ1) is 12.4. The Morgan fingerprint density at radius 1 is 1.12 bits per heavy atom. The van der Waals surface area contributed by atoms with Gasteiger partial charge in [0.2, 0.25) is 0 Å². The van der Waals surface area contributed by atoms with Crippen molar-refractivity contribution in [2.75, 3.05) is 24.7 Å². The Labute approximate surface area is 104 Å². The largest absolute Gasteiger partial charge is 0.335 e. The highest BCUT2D eigenvalue weighted by molar-refractivity contribution is 5.49. The third kappa shape index (κ3) is 2.31. The van der Waals surface area contributed by atoms with Gasteiger partial charge in [0.05, 0.1) is 0 Å². The fourth-order valence-corrected chi connectivity index (χ4v) is 2.46. The monoisotopic (exact) mass is 234 g/mol. The minimum absolute atomic E-state index is 0.00734. The predicted molar refractivity (Wildman–Crippen MR) is 71.1 cm³/mol. The standard InChI is InChI=1S/C12H16N2O.C2H6/c1-2-4-11(5-3-1)14-10-15-12(14)6-8-13-9-7-12;1-2/h1-5,13H,6-10H2;1-2H3. The van der Waals surface area contributed by atoms with Gasteiger partial charge in [-0.25, -0.2) is 0 Å². The van der Waals surface area contributed by atoms with Crippen LogP contribution in [0.2, 0.25) is 0 Å². The Kier molecular flexibility index (Phi) is 4.02. The molecule has 0 bridgehead atoms. The number of para-hydroxylation sites is 1. The molecule has 94 valence electrons. The molecule has 3 nitrogen and oxygen atoms in total. The van der Waals surface area contributed by atoms with Gasteiger partial charge in [-0.05, 0) is 25.2 Å². The van der Waals surface area contributed by atoms with Crippen LogP contribution in [-0.4, -0.2) is 25.5 Å². The molecule has 0 radical (unpaired) electrons. The topological polar surface area (TPSA) is 24.5 Å². The van der Waals surface area contributed by atoms with Gasteiger partial charge in [0.15, 0.2) is 0 Å². The molecule has 0 aliphatic carbocycles. The summed E-state index contributed by atoms with van der Waals surface area (Å²) in [6, 6.07) is 10.5. The lowest BCUT2D eigenvalue weighted by Gasteiger charge is -2.55. The number of benzene rings is 1. The molecule has 3 rings (SSSR count). The molecule has 0 atom stereocenters. The Bertz CT molecular complexity index is 333. The van der Waals surface area contributed by atoms with Crippen LogP contribution in [-0.2, 0) is 4.74 Å². The summed E-state index contributed by atoms with van der Waals surface area (Å²) in [6.45, 7) is 6.86. The maximum absolute atomic E-state index is 5.81. The first-order chi connectivity index (χ1) is 8.41. The van der Waals surface area contributed by atoms with E-state index in [1.54, 1.807) is 0 Å². The average Bonchev–Trinajstić information content (AvgIpc) is 2.42. The molecule has 0 saturated carbocycles. The molecule has 2 aliphatic heterocycles. The van der Waals surface area contributed by atoms with Crippen LogP contribution in [0.3, 0.4) is 0 Å². The minimum atomic E-state index is -0.00734. The molecule has 0 unspecified atom stereocenters. The summed E-state index contributed by atoms with van der Waals surface area (Å²) in [6.07, 6.45) is 2.17. The normalized spacial score (nSPS) is 21.4. The van der Waals surface area contributed by atoms with Crippen molar-refractivity contribution in [1.82, 2.24) is 5.32 Å². The molecule has 0 amide bonds. The van der Waals surface area contributed by atoms with Gasteiger partial charge < -0.3 is 15.0 Å². The number of anilines is 1. The number of piperidine rings is 1. The average molecular weight is 234 g/mol. The Hall–Kier alpha value is -1.06. The first-order valence-electron chi connectivity index (χ1n) is 6.58. The number of hydrogen-bond acceptors (Lipinski definition) is 3. The molecule has 3 heteroatoms. The van der Waals surface area contributed by atoms with E-state index in [9.17, 15) is 0 Å². The van der Waals surface area contributed by atoms with Crippen LogP contribution in [0.25, 0.3) is 0 Å². The Balaban J connectivity index is 0.000000514. The fourth-order valence-electron chi connectivity index (χ4n) is 2.46. The van der Waals surface area contributed by atoms with E-state index in [-0.39, 0.29) is 5.72 Å². The maximum atomic E-state index is 5.81. The van der Waals surface area contributed by atoms with Crippen LogP contribution in [0.1, 0.15) is 26.7 Å². The van der Waals surface area contributed by atoms with Gasteiger partial charge in [-0.2, -0.15) is 0 Å². The molecule has 0 aromatic heterocycles. The van der Waals surface area contributed by atoms with E-state index in [0.717, 1.165) is 32.7 Å². The van der Waals surface area contributed by atoms with Gasteiger partial charge in [0.1, 0.15) is 12.5 Å². The van der Waals surface area contributed by atoms with Crippen LogP contribution in [0.15, 0.2) is 30.3 Å². The van der Waals surface area contributed by atoms with Crippen molar-refractivity contribution in [2.24, 2.45) is 0 Å². The van der Waals surface area contributed by atoms with Crippen LogP contribution in [0, 0.1) is 0 Å². The predicted octanol–water partition coefficient (Wildman–Crippen LogP) is 2.59. The van der Waals surface area contributed by atoms with Crippen molar-refractivity contribution in [2.45, 2.75) is 32.4 Å². The van der Waals surface area contributed by atoms with E-state index in [2.05, 4.69) is 40.5 Å². The molecule has 2 saturated heterocycles. The van der Waals surface area contributed by atoms with Crippen LogP contribution in [0.4, 0.5) is 5.69 Å². The second-order valence-electron chi connectivity index (χ2n) is 4.23. The van der Waals surface area contributed by atoms with E-state index in [1.165, 1.54) is 5.69 Å². The summed E-state index contributed by atoms with van der Waals surface area (Å²) in [5.41, 5.74) is 1.28. The van der Waals surface area contributed by atoms with Crippen molar-refractivity contribution in [3.8, 4) is 0 Å². The molecule has 17 heavy (non-hydrogen) atoms. The third-order valence-corrected chi connectivity index (χ3v) is 3.41. The lowest BCUT2D eigenvalue weighted by molar-refractivity contribution is -0.155. The van der Waals surface area contributed by atoms with Crippen LogP contribution < -0.4 is 10.2 Å². The van der Waals surface area contributed by atoms with Crippen molar-refractivity contribution < 1.29 is 4.74 Å². The van der Waals surface area contributed by atoms with E-state index >= 15 is 0 Å². The number of nitrogens with one attached hydrogen (secondary N) is 1. The molecular weight excluding hydrogens is 212 g/mol. The van der Waals surface area contributed by atoms with Crippen LogP contribution in [0.5, 0.6) is 0 Å². The number of nitrogens with zero attached hydrogens (tertiary/aromatic N) is 1. The van der Waals surface area contributed by atoms with E-state index in [1.807, 2.05) is 13.8 Å². The first-order valence-corrected chi connectivity index (χ1v) is 6.58. The highest BCUT2D eigenvalue weighted by Gasteiger charge is 2.46. The zero-order chi connectivity index (χ0) is 12.1. The zero-order valence-electron chi connectivity index (χ0n) is 10.8. The number of rotatable bonds is 1. The SMILES string of the molecule is CC.c1ccc(N2COC23CCNCC3)cc1. The lowest BCUT2D eigenvalue weighted by atomic mass is 9.96. The lowest BCUT2D eigenvalue weighted by Crippen LogP contribution is -2.66. The van der Waals surface area contributed by atoms with E-state index < -0.39 is 0 Å². The third-order valence-electron chi connectivity index (χ3n) is 3.41. The smallest absolute Gasteiger partial charge is 0.147 e. The summed E-state index contributed by atoms with van der Waals surface area (Å²) in [5, 5.41) is 3.37. The van der Waals surface area contributed by atoms with E-state index in [4.69, 9.17) is 4.74 Å². The molecule has 1 N–H and O–H groups in total. The summed E-state index contributed by atoms with van der Waals surface area (Å²) >= 11 is 0. The van der Waals surface area contributed by atoms with Crippen LogP contribution >= 0.6 is 0 Å². The van der Waals surface area contributed by atoms with Gasteiger partial charge in [0.25, 0.3) is 0 Å². The summed E-state index contributed by atoms with van der Waals surface area (Å²) in [5.74, 6) is 0. The molecule has 2 heterocycles. The van der Waals surface area contributed by atoms with Crippen molar-refractivity contribution in [3.05, 3.63) is 30.3 Å². The molecular formula is C14H22N2O. The van der Waals surface area contributed by atoms with Gasteiger partial charge in [-0.15, -0.1) is 0 Å². The molecule has 2 fully saturated rings. The van der Waals surface area contributed by atoms with Crippen molar-refractivity contribution >= 4 is 5.69 Å². The Morgan fingerprint density at radius 3 is 2.29 bits per heavy atom. The Morgan fingerprint density at radius 2 is 1.76 bits per heavy atom. The number of ether oxygens (including phenoxy) is 1. The van der Waals surface area contributed by atoms with Gasteiger partial charge >= 0.3 is 0 Å².